The molecule has 0 spiro atoms. The predicted molar refractivity (Wildman–Crippen MR) is 65.3 cm³/mol. The van der Waals surface area contributed by atoms with E-state index in [1.54, 1.807) is 0 Å². The van der Waals surface area contributed by atoms with Crippen LogP contribution in [0.5, 0.6) is 0 Å². The molecule has 2 fully saturated rings. The zero-order valence-electron chi connectivity index (χ0n) is 10.4. The van der Waals surface area contributed by atoms with Gasteiger partial charge in [-0.1, -0.05) is 26.0 Å². The highest BCUT2D eigenvalue weighted by Crippen LogP contribution is 2.52. The molecule has 2 nitrogen and oxygen atoms in total. The topological polar surface area (TPSA) is 21.3 Å². The van der Waals surface area contributed by atoms with Gasteiger partial charge in [0.25, 0.3) is 0 Å². The molecule has 3 aliphatic rings. The van der Waals surface area contributed by atoms with E-state index in [0.717, 1.165) is 12.5 Å². The van der Waals surface area contributed by atoms with E-state index in [1.165, 1.54) is 25.7 Å². The van der Waals surface area contributed by atoms with Gasteiger partial charge in [-0.2, -0.15) is 0 Å². The van der Waals surface area contributed by atoms with Crippen molar-refractivity contribution in [1.82, 2.24) is 5.32 Å². The van der Waals surface area contributed by atoms with Gasteiger partial charge in [-0.25, -0.2) is 0 Å². The Morgan fingerprint density at radius 2 is 2.12 bits per heavy atom. The highest BCUT2D eigenvalue weighted by atomic mass is 16.5. The van der Waals surface area contributed by atoms with Crippen molar-refractivity contribution >= 4 is 0 Å². The van der Waals surface area contributed by atoms with E-state index < -0.39 is 0 Å². The van der Waals surface area contributed by atoms with Crippen molar-refractivity contribution < 1.29 is 4.74 Å². The average molecular weight is 221 g/mol. The largest absolute Gasteiger partial charge is 0.377 e. The normalized spacial score (nSPS) is 45.1. The van der Waals surface area contributed by atoms with E-state index in [1.807, 2.05) is 0 Å². The summed E-state index contributed by atoms with van der Waals surface area (Å²) in [6.07, 6.45) is 10.2. The monoisotopic (exact) mass is 221 g/mol. The van der Waals surface area contributed by atoms with Crippen LogP contribution in [-0.2, 0) is 4.74 Å². The van der Waals surface area contributed by atoms with E-state index in [-0.39, 0.29) is 0 Å². The first-order valence-electron chi connectivity index (χ1n) is 6.72. The molecule has 2 aliphatic carbocycles. The summed E-state index contributed by atoms with van der Waals surface area (Å²) in [6, 6.07) is 1.38. The van der Waals surface area contributed by atoms with Gasteiger partial charge in [0.2, 0.25) is 0 Å². The molecule has 0 aromatic carbocycles. The third kappa shape index (κ3) is 1.54. The highest BCUT2D eigenvalue weighted by molar-refractivity contribution is 5.12. The minimum absolute atomic E-state index is 0.336. The lowest BCUT2D eigenvalue weighted by molar-refractivity contribution is -0.115. The Morgan fingerprint density at radius 1 is 1.25 bits per heavy atom. The summed E-state index contributed by atoms with van der Waals surface area (Å²) in [6.45, 7) is 5.69. The van der Waals surface area contributed by atoms with E-state index >= 15 is 0 Å². The van der Waals surface area contributed by atoms with Crippen LogP contribution in [0.2, 0.25) is 0 Å². The van der Waals surface area contributed by atoms with Gasteiger partial charge in [0.05, 0.1) is 6.10 Å². The van der Waals surface area contributed by atoms with Crippen molar-refractivity contribution in [1.29, 1.82) is 0 Å². The number of fused-ring (bicyclic) bond motifs is 1. The Balaban J connectivity index is 1.64. The van der Waals surface area contributed by atoms with Crippen molar-refractivity contribution in [3.8, 4) is 0 Å². The summed E-state index contributed by atoms with van der Waals surface area (Å²) >= 11 is 0. The van der Waals surface area contributed by atoms with Crippen molar-refractivity contribution in [2.45, 2.75) is 57.7 Å². The lowest BCUT2D eigenvalue weighted by atomic mass is 9.57. The average Bonchev–Trinajstić information content (AvgIpc) is 2.74. The Hall–Kier alpha value is -0.340. The molecule has 1 N–H and O–H groups in total. The first-order chi connectivity index (χ1) is 7.69. The van der Waals surface area contributed by atoms with Crippen LogP contribution >= 0.6 is 0 Å². The van der Waals surface area contributed by atoms with Gasteiger partial charge >= 0.3 is 0 Å². The summed E-state index contributed by atoms with van der Waals surface area (Å²) in [5.74, 6) is 0.779. The molecule has 0 aromatic heterocycles. The second kappa shape index (κ2) is 3.85. The molecule has 4 unspecified atom stereocenters. The third-order valence-corrected chi connectivity index (χ3v) is 4.78. The number of rotatable bonds is 2. The first-order valence-corrected chi connectivity index (χ1v) is 6.72. The second-order valence-electron chi connectivity index (χ2n) is 6.19. The number of hydrogen-bond donors (Lipinski definition) is 1. The molecule has 90 valence electrons. The van der Waals surface area contributed by atoms with Crippen LogP contribution in [0.1, 0.15) is 39.5 Å². The quantitative estimate of drug-likeness (QED) is 0.723. The van der Waals surface area contributed by atoms with Crippen molar-refractivity contribution in [3.63, 3.8) is 0 Å². The molecular formula is C14H23NO. The fourth-order valence-corrected chi connectivity index (χ4v) is 3.86. The number of nitrogens with one attached hydrogen (secondary N) is 1. The maximum absolute atomic E-state index is 5.83. The smallest absolute Gasteiger partial charge is 0.0685 e. The van der Waals surface area contributed by atoms with E-state index in [2.05, 4.69) is 31.3 Å². The van der Waals surface area contributed by atoms with Gasteiger partial charge in [-0.15, -0.1) is 0 Å². The maximum atomic E-state index is 5.83. The van der Waals surface area contributed by atoms with Crippen molar-refractivity contribution in [2.24, 2.45) is 11.3 Å². The third-order valence-electron chi connectivity index (χ3n) is 4.78. The molecule has 3 rings (SSSR count). The predicted octanol–water partition coefficient (Wildman–Crippen LogP) is 2.50. The van der Waals surface area contributed by atoms with Crippen LogP contribution < -0.4 is 5.32 Å². The fraction of sp³-hybridized carbons (Fsp3) is 0.857. The Labute approximate surface area is 98.4 Å². The molecule has 4 atom stereocenters. The molecule has 1 saturated carbocycles. The van der Waals surface area contributed by atoms with Crippen LogP contribution in [-0.4, -0.2) is 24.8 Å². The molecule has 1 aliphatic heterocycles. The minimum atomic E-state index is 0.336. The van der Waals surface area contributed by atoms with Crippen molar-refractivity contribution in [2.75, 3.05) is 6.61 Å². The number of allylic oxidation sites excluding steroid dienone is 1. The van der Waals surface area contributed by atoms with Crippen LogP contribution in [0.3, 0.4) is 0 Å². The fourth-order valence-electron chi connectivity index (χ4n) is 3.86. The lowest BCUT2D eigenvalue weighted by Crippen LogP contribution is -2.67. The van der Waals surface area contributed by atoms with Gasteiger partial charge in [0.15, 0.2) is 0 Å². The van der Waals surface area contributed by atoms with Gasteiger partial charge in [-0.3, -0.25) is 0 Å². The van der Waals surface area contributed by atoms with Crippen LogP contribution in [0, 0.1) is 11.3 Å². The summed E-state index contributed by atoms with van der Waals surface area (Å²) in [4.78, 5) is 0. The summed E-state index contributed by atoms with van der Waals surface area (Å²) in [7, 11) is 0. The number of ether oxygens (including phenoxy) is 1. The summed E-state index contributed by atoms with van der Waals surface area (Å²) < 4.78 is 5.83. The summed E-state index contributed by atoms with van der Waals surface area (Å²) in [5.41, 5.74) is 0.336. The molecule has 0 radical (unpaired) electrons. The van der Waals surface area contributed by atoms with Gasteiger partial charge in [-0.05, 0) is 25.7 Å². The van der Waals surface area contributed by atoms with Crippen LogP contribution in [0.4, 0.5) is 0 Å². The molecule has 0 aromatic rings. The molecule has 1 saturated heterocycles. The molecule has 0 bridgehead atoms. The Bertz CT molecular complexity index is 297. The maximum Gasteiger partial charge on any atom is 0.0685 e. The second-order valence-corrected chi connectivity index (χ2v) is 6.19. The standard InChI is InChI=1S/C14H23NO/c1-14(2)12(11-8-9-16-13(11)14)15-10-6-4-3-5-7-10/h3-4,10-13,15H,5-9H2,1-2H3. The molecule has 2 heteroatoms. The zero-order chi connectivity index (χ0) is 11.2. The molecule has 1 heterocycles. The lowest BCUT2D eigenvalue weighted by Gasteiger charge is -2.56. The van der Waals surface area contributed by atoms with E-state index in [0.29, 0.717) is 23.6 Å². The van der Waals surface area contributed by atoms with Gasteiger partial charge in [0.1, 0.15) is 0 Å². The summed E-state index contributed by atoms with van der Waals surface area (Å²) in [5, 5.41) is 3.89. The van der Waals surface area contributed by atoms with E-state index in [4.69, 9.17) is 4.74 Å². The SMILES string of the molecule is CC1(C)C(NC2CC=CCC2)C2CCOC21. The van der Waals surface area contributed by atoms with Crippen LogP contribution in [0.25, 0.3) is 0 Å². The Morgan fingerprint density at radius 3 is 2.88 bits per heavy atom. The molecular weight excluding hydrogens is 198 g/mol. The van der Waals surface area contributed by atoms with Crippen molar-refractivity contribution in [3.05, 3.63) is 12.2 Å². The molecule has 16 heavy (non-hydrogen) atoms. The highest BCUT2D eigenvalue weighted by Gasteiger charge is 2.59. The minimum Gasteiger partial charge on any atom is -0.377 e. The first kappa shape index (κ1) is 10.8. The molecule has 0 amide bonds. The Kier molecular flexibility index (Phi) is 2.60. The van der Waals surface area contributed by atoms with E-state index in [9.17, 15) is 0 Å². The van der Waals surface area contributed by atoms with Gasteiger partial charge < -0.3 is 10.1 Å². The zero-order valence-corrected chi connectivity index (χ0v) is 10.4. The van der Waals surface area contributed by atoms with Gasteiger partial charge in [0, 0.05) is 30.0 Å². The van der Waals surface area contributed by atoms with Crippen LogP contribution in [0.15, 0.2) is 12.2 Å². The number of hydrogen-bond acceptors (Lipinski definition) is 2.